The summed E-state index contributed by atoms with van der Waals surface area (Å²) in [6.45, 7) is 3.15. The molecule has 0 radical (unpaired) electrons. The van der Waals surface area contributed by atoms with E-state index in [1.807, 2.05) is 12.1 Å². The van der Waals surface area contributed by atoms with Crippen LogP contribution >= 0.6 is 0 Å². The zero-order valence-electron chi connectivity index (χ0n) is 22.2. The summed E-state index contributed by atoms with van der Waals surface area (Å²) in [5.41, 5.74) is 4.50. The number of nitrogens with zero attached hydrogens (tertiary/aromatic N) is 1. The fourth-order valence-corrected chi connectivity index (χ4v) is 6.16. The first-order chi connectivity index (χ1) is 19.4. The molecule has 206 valence electrons. The Hall–Kier alpha value is -4.04. The van der Waals surface area contributed by atoms with Gasteiger partial charge >= 0.3 is 0 Å². The molecule has 40 heavy (non-hydrogen) atoms. The van der Waals surface area contributed by atoms with E-state index < -0.39 is 12.0 Å². The summed E-state index contributed by atoms with van der Waals surface area (Å²) in [5.74, 6) is -0.600. The molecular weight excluding hydrogens is 509 g/mol. The second kappa shape index (κ2) is 11.2. The second-order valence-electron chi connectivity index (χ2n) is 10.9. The first-order valence-corrected chi connectivity index (χ1v) is 13.9. The van der Waals surface area contributed by atoms with Crippen LogP contribution in [0.25, 0.3) is 0 Å². The van der Waals surface area contributed by atoms with Gasteiger partial charge in [-0.1, -0.05) is 42.5 Å². The average Bonchev–Trinajstić information content (AvgIpc) is 3.29. The maximum absolute atomic E-state index is 13.6. The molecule has 0 aliphatic carbocycles. The van der Waals surface area contributed by atoms with E-state index in [9.17, 15) is 18.8 Å². The Labute approximate surface area is 232 Å². The van der Waals surface area contributed by atoms with Crippen molar-refractivity contribution in [3.05, 3.63) is 100 Å². The lowest BCUT2D eigenvalue weighted by Gasteiger charge is -2.32. The Morgan fingerprint density at radius 1 is 0.900 bits per heavy atom. The number of carbonyl (C=O) groups excluding carboxylic acids is 3. The number of likely N-dealkylation sites (tertiary alicyclic amines) is 1. The van der Waals surface area contributed by atoms with E-state index in [1.54, 1.807) is 24.3 Å². The summed E-state index contributed by atoms with van der Waals surface area (Å²) in [4.78, 5) is 39.2. The standard InChI is InChI=1S/C32H32FN3O4/c33-24-4-1-3-23(17-24)22-13-15-36(16-14-22)18-20-7-9-21(10-8-20)19-40-27-6-2-5-25-29(27)30(35-31(25)38)26-11-12-28(37)34-32(26)39/h1-10,17,22,26,30H,11-16,18-19H2,(H,35,38)(H,34,37,39). The molecule has 2 saturated heterocycles. The van der Waals surface area contributed by atoms with Crippen LogP contribution in [0.2, 0.25) is 0 Å². The molecule has 0 bridgehead atoms. The first kappa shape index (κ1) is 26.2. The molecule has 3 aliphatic heterocycles. The highest BCUT2D eigenvalue weighted by atomic mass is 19.1. The topological polar surface area (TPSA) is 87.7 Å². The molecule has 0 aromatic heterocycles. The zero-order valence-corrected chi connectivity index (χ0v) is 22.2. The van der Waals surface area contributed by atoms with Gasteiger partial charge in [0.05, 0.1) is 12.0 Å². The number of halogens is 1. The van der Waals surface area contributed by atoms with E-state index in [-0.39, 0.29) is 30.0 Å². The van der Waals surface area contributed by atoms with Gasteiger partial charge < -0.3 is 10.1 Å². The molecule has 6 rings (SSSR count). The van der Waals surface area contributed by atoms with Gasteiger partial charge in [0, 0.05) is 24.1 Å². The van der Waals surface area contributed by atoms with Gasteiger partial charge in [0.25, 0.3) is 5.91 Å². The molecule has 0 saturated carbocycles. The van der Waals surface area contributed by atoms with Crippen molar-refractivity contribution < 1.29 is 23.5 Å². The van der Waals surface area contributed by atoms with Crippen molar-refractivity contribution in [1.82, 2.24) is 15.5 Å². The van der Waals surface area contributed by atoms with Crippen LogP contribution in [0.5, 0.6) is 5.75 Å². The highest BCUT2D eigenvalue weighted by Gasteiger charge is 2.42. The van der Waals surface area contributed by atoms with Gasteiger partial charge in [0.2, 0.25) is 11.8 Å². The van der Waals surface area contributed by atoms with E-state index in [4.69, 9.17) is 4.74 Å². The van der Waals surface area contributed by atoms with Crippen molar-refractivity contribution in [1.29, 1.82) is 0 Å². The monoisotopic (exact) mass is 541 g/mol. The molecule has 3 aliphatic rings. The molecule has 0 spiro atoms. The Kier molecular flexibility index (Phi) is 7.34. The van der Waals surface area contributed by atoms with Crippen LogP contribution in [0.3, 0.4) is 0 Å². The summed E-state index contributed by atoms with van der Waals surface area (Å²) in [5, 5.41) is 5.31. The van der Waals surface area contributed by atoms with Gasteiger partial charge in [-0.2, -0.15) is 0 Å². The predicted molar refractivity (Wildman–Crippen MR) is 147 cm³/mol. The first-order valence-electron chi connectivity index (χ1n) is 13.9. The SMILES string of the molecule is O=C1CCC(C2NC(=O)c3cccc(OCc4ccc(CN5CCC(c6cccc(F)c6)CC5)cc4)c32)C(=O)N1. The maximum atomic E-state index is 13.6. The molecular formula is C32H32FN3O4. The zero-order chi connectivity index (χ0) is 27.6. The third-order valence-electron chi connectivity index (χ3n) is 8.32. The quantitative estimate of drug-likeness (QED) is 0.426. The summed E-state index contributed by atoms with van der Waals surface area (Å²) in [7, 11) is 0. The Balaban J connectivity index is 1.06. The van der Waals surface area contributed by atoms with Crippen LogP contribution in [0.1, 0.15) is 70.3 Å². The number of nitrogens with one attached hydrogen (secondary N) is 2. The van der Waals surface area contributed by atoms with Crippen LogP contribution in [0, 0.1) is 11.7 Å². The van der Waals surface area contributed by atoms with Crippen molar-refractivity contribution in [2.24, 2.45) is 5.92 Å². The molecule has 2 fully saturated rings. The van der Waals surface area contributed by atoms with Crippen molar-refractivity contribution in [2.75, 3.05) is 13.1 Å². The van der Waals surface area contributed by atoms with Gasteiger partial charge in [0.1, 0.15) is 18.2 Å². The van der Waals surface area contributed by atoms with E-state index in [0.717, 1.165) is 43.6 Å². The molecule has 8 heteroatoms. The lowest BCUT2D eigenvalue weighted by Crippen LogP contribution is -2.45. The molecule has 7 nitrogen and oxygen atoms in total. The predicted octanol–water partition coefficient (Wildman–Crippen LogP) is 4.62. The van der Waals surface area contributed by atoms with Gasteiger partial charge in [-0.15, -0.1) is 0 Å². The van der Waals surface area contributed by atoms with E-state index in [0.29, 0.717) is 35.8 Å². The van der Waals surface area contributed by atoms with Gasteiger partial charge in [0.15, 0.2) is 0 Å². The largest absolute Gasteiger partial charge is 0.489 e. The van der Waals surface area contributed by atoms with E-state index in [2.05, 4.69) is 39.8 Å². The fourth-order valence-electron chi connectivity index (χ4n) is 6.16. The molecule has 2 N–H and O–H groups in total. The molecule has 2 atom stereocenters. The van der Waals surface area contributed by atoms with Crippen LogP contribution in [-0.4, -0.2) is 35.7 Å². The highest BCUT2D eigenvalue weighted by Crippen LogP contribution is 2.40. The van der Waals surface area contributed by atoms with Crippen molar-refractivity contribution in [3.8, 4) is 5.75 Å². The number of rotatable bonds is 7. The summed E-state index contributed by atoms with van der Waals surface area (Å²) in [6, 6.07) is 20.1. The Morgan fingerprint density at radius 3 is 2.40 bits per heavy atom. The molecule has 3 heterocycles. The Morgan fingerprint density at radius 2 is 1.65 bits per heavy atom. The maximum Gasteiger partial charge on any atom is 0.252 e. The number of hydrogen-bond acceptors (Lipinski definition) is 5. The third-order valence-corrected chi connectivity index (χ3v) is 8.32. The summed E-state index contributed by atoms with van der Waals surface area (Å²) < 4.78 is 19.8. The lowest BCUT2D eigenvalue weighted by molar-refractivity contribution is -0.137. The minimum Gasteiger partial charge on any atom is -0.489 e. The van der Waals surface area contributed by atoms with Crippen molar-refractivity contribution >= 4 is 17.7 Å². The van der Waals surface area contributed by atoms with Gasteiger partial charge in [-0.3, -0.25) is 24.6 Å². The van der Waals surface area contributed by atoms with Gasteiger partial charge in [-0.05, 0) is 79.2 Å². The van der Waals surface area contributed by atoms with Crippen molar-refractivity contribution in [3.63, 3.8) is 0 Å². The number of amides is 3. The number of imide groups is 1. The number of hydrogen-bond donors (Lipinski definition) is 2. The summed E-state index contributed by atoms with van der Waals surface area (Å²) in [6.07, 6.45) is 2.67. The summed E-state index contributed by atoms with van der Waals surface area (Å²) >= 11 is 0. The number of benzene rings is 3. The molecule has 2 unspecified atom stereocenters. The highest BCUT2D eigenvalue weighted by molar-refractivity contribution is 6.03. The van der Waals surface area contributed by atoms with Crippen LogP contribution in [0.15, 0.2) is 66.7 Å². The second-order valence-corrected chi connectivity index (χ2v) is 10.9. The minimum atomic E-state index is -0.528. The van der Waals surface area contributed by atoms with Gasteiger partial charge in [-0.25, -0.2) is 4.39 Å². The van der Waals surface area contributed by atoms with Crippen LogP contribution < -0.4 is 15.4 Å². The van der Waals surface area contributed by atoms with Crippen LogP contribution in [0.4, 0.5) is 4.39 Å². The number of carbonyl (C=O) groups is 3. The van der Waals surface area contributed by atoms with Crippen LogP contribution in [-0.2, 0) is 22.7 Å². The average molecular weight is 542 g/mol. The number of fused-ring (bicyclic) bond motifs is 1. The molecule has 3 amide bonds. The van der Waals surface area contributed by atoms with Crippen molar-refractivity contribution in [2.45, 2.75) is 50.8 Å². The number of piperidine rings is 2. The lowest BCUT2D eigenvalue weighted by atomic mass is 9.86. The van der Waals surface area contributed by atoms with E-state index >= 15 is 0 Å². The molecule has 3 aromatic carbocycles. The number of ether oxygens (including phenoxy) is 1. The minimum absolute atomic E-state index is 0.167. The van der Waals surface area contributed by atoms with E-state index in [1.165, 1.54) is 11.6 Å². The fraction of sp³-hybridized carbons (Fsp3) is 0.344. The normalized spacial score (nSPS) is 21.6. The Bertz CT molecular complexity index is 1430. The smallest absolute Gasteiger partial charge is 0.252 e. The third kappa shape index (κ3) is 5.49. The molecule has 3 aromatic rings.